The van der Waals surface area contributed by atoms with Gasteiger partial charge in [0.2, 0.25) is 0 Å². The molecule has 82 valence electrons. The van der Waals surface area contributed by atoms with Gasteiger partial charge in [-0.05, 0) is 43.0 Å². The molecular weight excluding hydrogens is 186 g/mol. The quantitative estimate of drug-likeness (QED) is 0.801. The van der Waals surface area contributed by atoms with E-state index >= 15 is 0 Å². The zero-order valence-corrected chi connectivity index (χ0v) is 9.49. The molecule has 0 spiro atoms. The Balaban J connectivity index is 2.03. The highest BCUT2D eigenvalue weighted by molar-refractivity contribution is 5.29. The fourth-order valence-corrected chi connectivity index (χ4v) is 2.12. The van der Waals surface area contributed by atoms with Gasteiger partial charge in [0.15, 0.2) is 0 Å². The van der Waals surface area contributed by atoms with Crippen LogP contribution in [-0.4, -0.2) is 13.7 Å². The van der Waals surface area contributed by atoms with E-state index in [2.05, 4.69) is 24.4 Å². The Morgan fingerprint density at radius 1 is 1.20 bits per heavy atom. The molecule has 15 heavy (non-hydrogen) atoms. The first kappa shape index (κ1) is 10.5. The van der Waals surface area contributed by atoms with Gasteiger partial charge < -0.3 is 10.1 Å². The largest absolute Gasteiger partial charge is 0.497 e. The lowest BCUT2D eigenvalue weighted by atomic mass is 9.92. The van der Waals surface area contributed by atoms with Crippen LogP contribution in [0.4, 0.5) is 0 Å². The van der Waals surface area contributed by atoms with Crippen molar-refractivity contribution in [2.45, 2.75) is 25.8 Å². The van der Waals surface area contributed by atoms with Gasteiger partial charge in [-0.1, -0.05) is 19.1 Å². The summed E-state index contributed by atoms with van der Waals surface area (Å²) >= 11 is 0. The van der Waals surface area contributed by atoms with Crippen LogP contribution in [0.3, 0.4) is 0 Å². The number of hydrogen-bond donors (Lipinski definition) is 1. The van der Waals surface area contributed by atoms with E-state index < -0.39 is 0 Å². The SMILES string of the molecule is COc1ccc([C@@H]2CC[C@H](C)CN2)cc1. The number of hydrogen-bond acceptors (Lipinski definition) is 2. The molecule has 1 heterocycles. The maximum Gasteiger partial charge on any atom is 0.118 e. The summed E-state index contributed by atoms with van der Waals surface area (Å²) in [5, 5.41) is 3.58. The van der Waals surface area contributed by atoms with Crippen molar-refractivity contribution in [1.29, 1.82) is 0 Å². The highest BCUT2D eigenvalue weighted by Crippen LogP contribution is 2.26. The molecule has 1 aromatic rings. The molecule has 2 nitrogen and oxygen atoms in total. The van der Waals surface area contributed by atoms with E-state index in [1.807, 2.05) is 12.1 Å². The highest BCUT2D eigenvalue weighted by atomic mass is 16.5. The molecule has 2 heteroatoms. The van der Waals surface area contributed by atoms with Gasteiger partial charge in [-0.25, -0.2) is 0 Å². The third-order valence-corrected chi connectivity index (χ3v) is 3.18. The van der Waals surface area contributed by atoms with Gasteiger partial charge in [-0.3, -0.25) is 0 Å². The molecule has 0 aliphatic carbocycles. The van der Waals surface area contributed by atoms with Crippen molar-refractivity contribution >= 4 is 0 Å². The first-order valence-electron chi connectivity index (χ1n) is 5.67. The van der Waals surface area contributed by atoms with E-state index in [0.717, 1.165) is 18.2 Å². The van der Waals surface area contributed by atoms with Crippen LogP contribution < -0.4 is 10.1 Å². The minimum atomic E-state index is 0.534. The van der Waals surface area contributed by atoms with Crippen molar-refractivity contribution in [1.82, 2.24) is 5.32 Å². The second kappa shape index (κ2) is 4.67. The number of rotatable bonds is 2. The van der Waals surface area contributed by atoms with Crippen molar-refractivity contribution < 1.29 is 4.74 Å². The lowest BCUT2D eigenvalue weighted by Crippen LogP contribution is -2.31. The zero-order chi connectivity index (χ0) is 10.7. The lowest BCUT2D eigenvalue weighted by molar-refractivity contribution is 0.332. The molecule has 0 unspecified atom stereocenters. The van der Waals surface area contributed by atoms with Gasteiger partial charge in [-0.15, -0.1) is 0 Å². The molecule has 2 rings (SSSR count). The van der Waals surface area contributed by atoms with Crippen molar-refractivity contribution in [3.63, 3.8) is 0 Å². The van der Waals surface area contributed by atoms with Crippen LogP contribution in [0.15, 0.2) is 24.3 Å². The summed E-state index contributed by atoms with van der Waals surface area (Å²) in [7, 11) is 1.70. The van der Waals surface area contributed by atoms with Crippen molar-refractivity contribution in [3.8, 4) is 5.75 Å². The van der Waals surface area contributed by atoms with Crippen LogP contribution in [0.5, 0.6) is 5.75 Å². The molecule has 0 amide bonds. The minimum absolute atomic E-state index is 0.534. The third kappa shape index (κ3) is 2.51. The number of methoxy groups -OCH3 is 1. The monoisotopic (exact) mass is 205 g/mol. The van der Waals surface area contributed by atoms with Gasteiger partial charge in [0.25, 0.3) is 0 Å². The molecule has 1 fully saturated rings. The lowest BCUT2D eigenvalue weighted by Gasteiger charge is -2.28. The number of ether oxygens (including phenoxy) is 1. The standard InChI is InChI=1S/C13H19NO/c1-10-3-8-13(14-9-10)11-4-6-12(15-2)7-5-11/h4-7,10,13-14H,3,8-9H2,1-2H3/t10-,13-/m0/s1. The van der Waals surface area contributed by atoms with Gasteiger partial charge in [0.05, 0.1) is 7.11 Å². The Kier molecular flexibility index (Phi) is 3.27. The van der Waals surface area contributed by atoms with Crippen LogP contribution in [0.1, 0.15) is 31.4 Å². The summed E-state index contributed by atoms with van der Waals surface area (Å²) in [5.41, 5.74) is 1.38. The maximum atomic E-state index is 5.15. The molecule has 0 radical (unpaired) electrons. The Bertz CT molecular complexity index is 299. The number of nitrogens with one attached hydrogen (secondary N) is 1. The van der Waals surface area contributed by atoms with Crippen LogP contribution >= 0.6 is 0 Å². The van der Waals surface area contributed by atoms with Crippen LogP contribution in [0.25, 0.3) is 0 Å². The van der Waals surface area contributed by atoms with E-state index in [4.69, 9.17) is 4.74 Å². The first-order valence-corrected chi connectivity index (χ1v) is 5.67. The Morgan fingerprint density at radius 2 is 1.93 bits per heavy atom. The van der Waals surface area contributed by atoms with Gasteiger partial charge in [0, 0.05) is 6.04 Å². The molecule has 0 bridgehead atoms. The van der Waals surface area contributed by atoms with Gasteiger partial charge in [0.1, 0.15) is 5.75 Å². The van der Waals surface area contributed by atoms with Gasteiger partial charge >= 0.3 is 0 Å². The maximum absolute atomic E-state index is 5.15. The normalized spacial score (nSPS) is 26.3. The highest BCUT2D eigenvalue weighted by Gasteiger charge is 2.18. The molecule has 1 saturated heterocycles. The molecular formula is C13H19NO. The van der Waals surface area contributed by atoms with Crippen molar-refractivity contribution in [2.24, 2.45) is 5.92 Å². The molecule has 0 saturated carbocycles. The fraction of sp³-hybridized carbons (Fsp3) is 0.538. The topological polar surface area (TPSA) is 21.3 Å². The molecule has 1 aliphatic rings. The number of benzene rings is 1. The van der Waals surface area contributed by atoms with E-state index in [9.17, 15) is 0 Å². The molecule has 1 N–H and O–H groups in total. The average Bonchev–Trinajstić information content (AvgIpc) is 2.30. The van der Waals surface area contributed by atoms with E-state index in [1.54, 1.807) is 7.11 Å². The average molecular weight is 205 g/mol. The smallest absolute Gasteiger partial charge is 0.118 e. The van der Waals surface area contributed by atoms with E-state index in [-0.39, 0.29) is 0 Å². The molecule has 0 aromatic heterocycles. The van der Waals surface area contributed by atoms with E-state index in [1.165, 1.54) is 18.4 Å². The van der Waals surface area contributed by atoms with E-state index in [0.29, 0.717) is 6.04 Å². The molecule has 1 aliphatic heterocycles. The summed E-state index contributed by atoms with van der Waals surface area (Å²) in [5.74, 6) is 1.75. The molecule has 1 aromatic carbocycles. The second-order valence-electron chi connectivity index (χ2n) is 4.42. The van der Waals surface area contributed by atoms with Crippen molar-refractivity contribution in [3.05, 3.63) is 29.8 Å². The summed E-state index contributed by atoms with van der Waals surface area (Å²) < 4.78 is 5.15. The van der Waals surface area contributed by atoms with Crippen LogP contribution in [-0.2, 0) is 0 Å². The Morgan fingerprint density at radius 3 is 2.47 bits per heavy atom. The second-order valence-corrected chi connectivity index (χ2v) is 4.42. The Labute approximate surface area is 91.6 Å². The summed E-state index contributed by atoms with van der Waals surface area (Å²) in [6.45, 7) is 3.44. The summed E-state index contributed by atoms with van der Waals surface area (Å²) in [6.07, 6.45) is 2.57. The van der Waals surface area contributed by atoms with Crippen molar-refractivity contribution in [2.75, 3.05) is 13.7 Å². The number of piperidine rings is 1. The minimum Gasteiger partial charge on any atom is -0.497 e. The predicted octanol–water partition coefficient (Wildman–Crippen LogP) is 2.76. The fourth-order valence-electron chi connectivity index (χ4n) is 2.12. The molecule has 2 atom stereocenters. The van der Waals surface area contributed by atoms with Crippen LogP contribution in [0, 0.1) is 5.92 Å². The summed E-state index contributed by atoms with van der Waals surface area (Å²) in [4.78, 5) is 0. The summed E-state index contributed by atoms with van der Waals surface area (Å²) in [6, 6.07) is 8.93. The zero-order valence-electron chi connectivity index (χ0n) is 9.49. The predicted molar refractivity (Wildman–Crippen MR) is 62.1 cm³/mol. The first-order chi connectivity index (χ1) is 7.29. The van der Waals surface area contributed by atoms with Gasteiger partial charge in [-0.2, -0.15) is 0 Å². The van der Waals surface area contributed by atoms with Crippen LogP contribution in [0.2, 0.25) is 0 Å². The Hall–Kier alpha value is -1.02. The third-order valence-electron chi connectivity index (χ3n) is 3.18.